The largest absolute Gasteiger partial charge is 0.444 e. The first-order valence-electron chi connectivity index (χ1n) is 12.5. The number of sulfonamides is 1. The van der Waals surface area contributed by atoms with E-state index in [2.05, 4.69) is 5.32 Å². The van der Waals surface area contributed by atoms with Crippen LogP contribution in [0, 0.1) is 5.92 Å². The minimum Gasteiger partial charge on any atom is -0.444 e. The zero-order valence-electron chi connectivity index (χ0n) is 22.3. The van der Waals surface area contributed by atoms with E-state index in [0.29, 0.717) is 31.7 Å². The first-order valence-corrected chi connectivity index (χ1v) is 15.3. The van der Waals surface area contributed by atoms with Crippen molar-refractivity contribution in [2.45, 2.75) is 49.8 Å². The van der Waals surface area contributed by atoms with Crippen molar-refractivity contribution in [2.24, 2.45) is 5.92 Å². The Morgan fingerprint density at radius 2 is 1.68 bits per heavy atom. The highest BCUT2D eigenvalue weighted by molar-refractivity contribution is 7.89. The van der Waals surface area contributed by atoms with E-state index in [1.165, 1.54) is 28.6 Å². The van der Waals surface area contributed by atoms with E-state index in [9.17, 15) is 18.3 Å². The van der Waals surface area contributed by atoms with E-state index in [0.717, 1.165) is 5.56 Å². The van der Waals surface area contributed by atoms with Gasteiger partial charge in [-0.05, 0) is 42.2 Å². The number of nitrogens with zero attached hydrogens (tertiary/aromatic N) is 1. The van der Waals surface area contributed by atoms with Gasteiger partial charge in [-0.3, -0.25) is 9.11 Å². The molecule has 0 radical (unpaired) electrons. The van der Waals surface area contributed by atoms with E-state index in [4.69, 9.17) is 32.7 Å². The second kappa shape index (κ2) is 15.3. The van der Waals surface area contributed by atoms with Crippen molar-refractivity contribution in [3.05, 3.63) is 60.2 Å². The predicted octanol–water partition coefficient (Wildman–Crippen LogP) is 1.75. The smallest absolute Gasteiger partial charge is 0.407 e. The summed E-state index contributed by atoms with van der Waals surface area (Å²) in [5.41, 5.74) is 7.06. The number of alkyl carbamates (subject to hydrolysis) is 1. The Hall–Kier alpha value is -2.79. The minimum atomic E-state index is -4.67. The Morgan fingerprint density at radius 1 is 1.07 bits per heavy atom. The highest BCUT2D eigenvalue weighted by atomic mass is 32.3. The number of rotatable bonds is 11. The molecule has 224 valence electrons. The van der Waals surface area contributed by atoms with Gasteiger partial charge in [0.25, 0.3) is 0 Å². The molecule has 1 heterocycles. The first-order chi connectivity index (χ1) is 18.6. The van der Waals surface area contributed by atoms with Crippen LogP contribution in [0.3, 0.4) is 0 Å². The van der Waals surface area contributed by atoms with E-state index < -0.39 is 38.7 Å². The second-order valence-corrected chi connectivity index (χ2v) is 12.5. The minimum absolute atomic E-state index is 0.0126. The molecule has 1 aliphatic rings. The van der Waals surface area contributed by atoms with Crippen molar-refractivity contribution in [1.82, 2.24) is 9.62 Å². The Kier molecular flexibility index (Phi) is 12.8. The Bertz CT molecular complexity index is 1260. The fourth-order valence-corrected chi connectivity index (χ4v) is 5.52. The third-order valence-corrected chi connectivity index (χ3v) is 7.55. The maximum atomic E-state index is 13.4. The molecule has 1 fully saturated rings. The van der Waals surface area contributed by atoms with Gasteiger partial charge in [0.1, 0.15) is 6.10 Å². The molecule has 13 nitrogen and oxygen atoms in total. The zero-order valence-corrected chi connectivity index (χ0v) is 23.9. The number of aliphatic hydroxyl groups is 1. The molecule has 2 unspecified atom stereocenters. The van der Waals surface area contributed by atoms with Gasteiger partial charge in [0.2, 0.25) is 10.0 Å². The molecule has 1 aliphatic heterocycles. The van der Waals surface area contributed by atoms with Gasteiger partial charge in [-0.1, -0.05) is 44.2 Å². The van der Waals surface area contributed by atoms with E-state index in [1.54, 1.807) is 0 Å². The van der Waals surface area contributed by atoms with Crippen LogP contribution in [-0.4, -0.2) is 86.0 Å². The standard InChI is InChI=1S/C25H35N3O6S.H2O4S/c1-18(2)15-28(35(31,32)22-10-8-20(26)9-11-22)16-24(29)23(14-19-6-4-3-5-7-19)27-25(30)34-21-12-13-33-17-21;1-5(2,3)4/h3-11,18,21,23-24,29H,12-17,26H2,1-2H3,(H,27,30);(H2,1,2,3,4)/t21-,23?,24?;/m0./s1. The third-order valence-electron chi connectivity index (χ3n) is 5.71. The van der Waals surface area contributed by atoms with Gasteiger partial charge in [0, 0.05) is 25.2 Å². The molecule has 2 aromatic carbocycles. The molecular weight excluding hydrogens is 566 g/mol. The van der Waals surface area contributed by atoms with E-state index >= 15 is 0 Å². The molecule has 0 aliphatic carbocycles. The van der Waals surface area contributed by atoms with Gasteiger partial charge >= 0.3 is 16.5 Å². The summed E-state index contributed by atoms with van der Waals surface area (Å²) in [6, 6.07) is 14.6. The molecule has 40 heavy (non-hydrogen) atoms. The molecular formula is C25H37N3O10S2. The van der Waals surface area contributed by atoms with Crippen LogP contribution in [0.1, 0.15) is 25.8 Å². The molecule has 0 spiro atoms. The maximum Gasteiger partial charge on any atom is 0.407 e. The highest BCUT2D eigenvalue weighted by Gasteiger charge is 2.32. The van der Waals surface area contributed by atoms with Crippen molar-refractivity contribution in [2.75, 3.05) is 32.0 Å². The van der Waals surface area contributed by atoms with Gasteiger partial charge < -0.3 is 25.6 Å². The molecule has 6 N–H and O–H groups in total. The molecule has 0 bridgehead atoms. The van der Waals surface area contributed by atoms with Gasteiger partial charge in [0.05, 0.1) is 30.3 Å². The Balaban J connectivity index is 0.00000103. The summed E-state index contributed by atoms with van der Waals surface area (Å²) < 4.78 is 70.3. The number of benzene rings is 2. The molecule has 2 aromatic rings. The van der Waals surface area contributed by atoms with Gasteiger partial charge in [-0.2, -0.15) is 12.7 Å². The molecule has 0 aromatic heterocycles. The quantitative estimate of drug-likeness (QED) is 0.185. The number of nitrogen functional groups attached to an aromatic ring is 1. The fraction of sp³-hybridized carbons (Fsp3) is 0.480. The van der Waals surface area contributed by atoms with Crippen LogP contribution in [0.4, 0.5) is 10.5 Å². The van der Waals surface area contributed by atoms with Crippen molar-refractivity contribution in [3.63, 3.8) is 0 Å². The Labute approximate surface area is 234 Å². The zero-order chi connectivity index (χ0) is 29.9. The molecule has 3 rings (SSSR count). The van der Waals surface area contributed by atoms with E-state index in [-0.39, 0.29) is 30.0 Å². The summed E-state index contributed by atoms with van der Waals surface area (Å²) in [4.78, 5) is 12.7. The lowest BCUT2D eigenvalue weighted by Gasteiger charge is -2.30. The number of carbonyl (C=O) groups is 1. The van der Waals surface area contributed by atoms with Crippen molar-refractivity contribution < 1.29 is 45.3 Å². The number of aliphatic hydroxyl groups excluding tert-OH is 1. The molecule has 1 amide bonds. The number of anilines is 1. The number of hydrogen-bond acceptors (Lipinski definition) is 9. The highest BCUT2D eigenvalue weighted by Crippen LogP contribution is 2.20. The first kappa shape index (κ1) is 33.4. The normalized spacial score (nSPS) is 17.1. The summed E-state index contributed by atoms with van der Waals surface area (Å²) in [7, 11) is -8.57. The van der Waals surface area contributed by atoms with Crippen LogP contribution in [0.2, 0.25) is 0 Å². The molecule has 1 saturated heterocycles. The van der Waals surface area contributed by atoms with Gasteiger partial charge in [-0.15, -0.1) is 0 Å². The SMILES string of the molecule is CC(C)CN(CC(O)C(Cc1ccccc1)NC(=O)O[C@H]1CCOC1)S(=O)(=O)c1ccc(N)cc1.O=S(=O)(O)O. The van der Waals surface area contributed by atoms with Crippen LogP contribution < -0.4 is 11.1 Å². The number of ether oxygens (including phenoxy) is 2. The summed E-state index contributed by atoms with van der Waals surface area (Å²) in [5, 5.41) is 13.9. The average molecular weight is 604 g/mol. The number of amides is 1. The second-order valence-electron chi connectivity index (χ2n) is 9.63. The van der Waals surface area contributed by atoms with Crippen LogP contribution >= 0.6 is 0 Å². The number of hydrogen-bond donors (Lipinski definition) is 5. The summed E-state index contributed by atoms with van der Waals surface area (Å²) in [5.74, 6) is 0.0126. The average Bonchev–Trinajstić information content (AvgIpc) is 3.35. The van der Waals surface area contributed by atoms with Gasteiger partial charge in [0.15, 0.2) is 0 Å². The summed E-state index contributed by atoms with van der Waals surface area (Å²) in [6.45, 7) is 4.67. The van der Waals surface area contributed by atoms with E-state index in [1.807, 2.05) is 44.2 Å². The lowest BCUT2D eigenvalue weighted by atomic mass is 10.0. The predicted molar refractivity (Wildman–Crippen MR) is 147 cm³/mol. The summed E-state index contributed by atoms with van der Waals surface area (Å²) in [6.07, 6.45) is -1.29. The summed E-state index contributed by atoms with van der Waals surface area (Å²) >= 11 is 0. The lowest BCUT2D eigenvalue weighted by molar-refractivity contribution is 0.0644. The third kappa shape index (κ3) is 12.2. The number of nitrogens with one attached hydrogen (secondary N) is 1. The molecule has 15 heteroatoms. The van der Waals surface area contributed by atoms with Crippen molar-refractivity contribution in [3.8, 4) is 0 Å². The van der Waals surface area contributed by atoms with Crippen molar-refractivity contribution in [1.29, 1.82) is 0 Å². The molecule has 3 atom stereocenters. The maximum absolute atomic E-state index is 13.4. The van der Waals surface area contributed by atoms with Crippen molar-refractivity contribution >= 4 is 32.2 Å². The fourth-order valence-electron chi connectivity index (χ4n) is 3.90. The number of carbonyl (C=O) groups excluding carboxylic acids is 1. The molecule has 0 saturated carbocycles. The van der Waals surface area contributed by atoms with Crippen LogP contribution in [-0.2, 0) is 36.3 Å². The van der Waals surface area contributed by atoms with Crippen LogP contribution in [0.5, 0.6) is 0 Å². The monoisotopic (exact) mass is 603 g/mol. The van der Waals surface area contributed by atoms with Gasteiger partial charge in [-0.25, -0.2) is 13.2 Å². The number of nitrogens with two attached hydrogens (primary N) is 1. The lowest BCUT2D eigenvalue weighted by Crippen LogP contribution is -2.51. The Morgan fingerprint density at radius 3 is 2.20 bits per heavy atom. The topological polar surface area (TPSA) is 206 Å². The van der Waals surface area contributed by atoms with Crippen LogP contribution in [0.15, 0.2) is 59.5 Å². The van der Waals surface area contributed by atoms with Crippen LogP contribution in [0.25, 0.3) is 0 Å².